The second-order valence-corrected chi connectivity index (χ2v) is 5.78. The van der Waals surface area contributed by atoms with Crippen molar-refractivity contribution in [3.8, 4) is 0 Å². The zero-order valence-corrected chi connectivity index (χ0v) is 13.7. The molecule has 0 radical (unpaired) electrons. The van der Waals surface area contributed by atoms with Gasteiger partial charge in [-0.25, -0.2) is 0 Å². The molecule has 0 unspecified atom stereocenters. The fourth-order valence-electron chi connectivity index (χ4n) is 1.71. The van der Waals surface area contributed by atoms with Gasteiger partial charge in [0.2, 0.25) is 5.91 Å². The maximum atomic E-state index is 12.2. The maximum absolute atomic E-state index is 12.2. The van der Waals surface area contributed by atoms with E-state index in [0.29, 0.717) is 17.1 Å². The number of halogens is 1. The topological polar surface area (TPSA) is 75.4 Å². The van der Waals surface area contributed by atoms with Crippen molar-refractivity contribution >= 4 is 40.2 Å². The summed E-state index contributed by atoms with van der Waals surface area (Å²) in [5, 5.41) is 6.23. The van der Waals surface area contributed by atoms with Crippen LogP contribution in [0.2, 0.25) is 0 Å². The lowest BCUT2D eigenvalue weighted by Gasteiger charge is -2.16. The molecule has 0 bridgehead atoms. The minimum absolute atomic E-state index is 0.0588. The average molecular weight is 399 g/mol. The number of benzene rings is 1. The van der Waals surface area contributed by atoms with Crippen LogP contribution < -0.4 is 5.32 Å². The van der Waals surface area contributed by atoms with Crippen LogP contribution in [-0.2, 0) is 4.79 Å². The summed E-state index contributed by atoms with van der Waals surface area (Å²) in [6.07, 6.45) is 0. The Morgan fingerprint density at radius 2 is 2.00 bits per heavy atom. The number of hydrogen-bond acceptors (Lipinski definition) is 4. The van der Waals surface area contributed by atoms with E-state index in [9.17, 15) is 9.59 Å². The van der Waals surface area contributed by atoms with Gasteiger partial charge in [0.25, 0.3) is 5.91 Å². The predicted molar refractivity (Wildman–Crippen MR) is 86.0 cm³/mol. The van der Waals surface area contributed by atoms with E-state index in [-0.39, 0.29) is 18.4 Å². The van der Waals surface area contributed by atoms with Gasteiger partial charge >= 0.3 is 0 Å². The van der Waals surface area contributed by atoms with Crippen molar-refractivity contribution in [1.29, 1.82) is 0 Å². The quantitative estimate of drug-likeness (QED) is 0.801. The number of anilines is 1. The summed E-state index contributed by atoms with van der Waals surface area (Å²) in [6, 6.07) is 8.78. The van der Waals surface area contributed by atoms with E-state index in [4.69, 9.17) is 4.52 Å². The van der Waals surface area contributed by atoms with Crippen LogP contribution in [0.4, 0.5) is 5.82 Å². The van der Waals surface area contributed by atoms with Crippen LogP contribution in [0.5, 0.6) is 0 Å². The minimum Gasteiger partial charge on any atom is -0.360 e. The second-order valence-electron chi connectivity index (χ2n) is 4.54. The van der Waals surface area contributed by atoms with Crippen molar-refractivity contribution in [2.45, 2.75) is 6.92 Å². The number of nitrogens with one attached hydrogen (secondary N) is 1. The molecule has 1 aromatic heterocycles. The molecule has 21 heavy (non-hydrogen) atoms. The van der Waals surface area contributed by atoms with Crippen molar-refractivity contribution < 1.29 is 14.1 Å². The lowest BCUT2D eigenvalue weighted by molar-refractivity contribution is -0.116. The Morgan fingerprint density at radius 3 is 2.57 bits per heavy atom. The molecule has 2 aromatic rings. The van der Waals surface area contributed by atoms with Crippen LogP contribution in [-0.4, -0.2) is 35.5 Å². The maximum Gasteiger partial charge on any atom is 0.254 e. The number of aryl methyl sites for hydroxylation is 1. The van der Waals surface area contributed by atoms with Gasteiger partial charge in [0.1, 0.15) is 5.76 Å². The molecule has 0 saturated heterocycles. The van der Waals surface area contributed by atoms with E-state index in [0.717, 1.165) is 3.57 Å². The Bertz CT molecular complexity index is 652. The summed E-state index contributed by atoms with van der Waals surface area (Å²) in [5.74, 6) is 0.406. The Kier molecular flexibility index (Phi) is 4.94. The SMILES string of the molecule is Cc1cc(NC(=O)CN(C)C(=O)c2ccc(I)cc2)no1. The van der Waals surface area contributed by atoms with Crippen LogP contribution in [0.1, 0.15) is 16.1 Å². The molecule has 2 amide bonds. The van der Waals surface area contributed by atoms with Crippen LogP contribution in [0.25, 0.3) is 0 Å². The zero-order valence-electron chi connectivity index (χ0n) is 11.6. The summed E-state index contributed by atoms with van der Waals surface area (Å²) in [5.41, 5.74) is 0.544. The molecule has 0 aliphatic rings. The summed E-state index contributed by atoms with van der Waals surface area (Å²) in [4.78, 5) is 25.3. The van der Waals surface area contributed by atoms with Crippen LogP contribution in [0.15, 0.2) is 34.9 Å². The van der Waals surface area contributed by atoms with E-state index < -0.39 is 0 Å². The molecule has 1 N–H and O–H groups in total. The van der Waals surface area contributed by atoms with Gasteiger partial charge in [-0.1, -0.05) is 5.16 Å². The fraction of sp³-hybridized carbons (Fsp3) is 0.214. The first-order chi connectivity index (χ1) is 9.95. The first-order valence-corrected chi connectivity index (χ1v) is 7.28. The molecule has 6 nitrogen and oxygen atoms in total. The number of likely N-dealkylation sites (N-methyl/N-ethyl adjacent to an activating group) is 1. The normalized spacial score (nSPS) is 10.2. The van der Waals surface area contributed by atoms with Crippen molar-refractivity contribution in [2.75, 3.05) is 18.9 Å². The number of carbonyl (C=O) groups excluding carboxylic acids is 2. The molecule has 110 valence electrons. The lowest BCUT2D eigenvalue weighted by Crippen LogP contribution is -2.35. The van der Waals surface area contributed by atoms with Crippen molar-refractivity contribution in [3.05, 3.63) is 45.2 Å². The second kappa shape index (κ2) is 6.70. The van der Waals surface area contributed by atoms with Gasteiger partial charge in [0.15, 0.2) is 5.82 Å². The predicted octanol–water partition coefficient (Wildman–Crippen LogP) is 2.30. The third-order valence-corrected chi connectivity index (χ3v) is 3.43. The van der Waals surface area contributed by atoms with E-state index in [2.05, 4.69) is 33.1 Å². The smallest absolute Gasteiger partial charge is 0.254 e. The summed E-state index contributed by atoms with van der Waals surface area (Å²) in [7, 11) is 1.58. The van der Waals surface area contributed by atoms with E-state index in [1.54, 1.807) is 32.2 Å². The molecular formula is C14H14IN3O3. The minimum atomic E-state index is -0.329. The summed E-state index contributed by atoms with van der Waals surface area (Å²) < 4.78 is 5.90. The monoisotopic (exact) mass is 399 g/mol. The molecule has 0 fully saturated rings. The highest BCUT2D eigenvalue weighted by Gasteiger charge is 2.15. The highest BCUT2D eigenvalue weighted by atomic mass is 127. The van der Waals surface area contributed by atoms with Crippen molar-refractivity contribution in [3.63, 3.8) is 0 Å². The lowest BCUT2D eigenvalue weighted by atomic mass is 10.2. The Balaban J connectivity index is 1.94. The standard InChI is InChI=1S/C14H14IN3O3/c1-9-7-12(17-21-9)16-13(19)8-18(2)14(20)10-3-5-11(15)6-4-10/h3-7H,8H2,1-2H3,(H,16,17,19). The molecule has 1 aromatic carbocycles. The van der Waals surface area contributed by atoms with Crippen molar-refractivity contribution in [2.24, 2.45) is 0 Å². The third kappa shape index (κ3) is 4.28. The average Bonchev–Trinajstić information content (AvgIpc) is 2.83. The third-order valence-electron chi connectivity index (χ3n) is 2.71. The molecule has 7 heteroatoms. The molecule has 0 aliphatic carbocycles. The Labute approximate surface area is 135 Å². The van der Waals surface area contributed by atoms with Crippen LogP contribution in [0, 0.1) is 10.5 Å². The molecule has 0 aliphatic heterocycles. The number of rotatable bonds is 4. The molecule has 0 saturated carbocycles. The van der Waals surface area contributed by atoms with Gasteiger partial charge in [-0.15, -0.1) is 0 Å². The number of nitrogens with zero attached hydrogens (tertiary/aromatic N) is 2. The van der Waals surface area contributed by atoms with Gasteiger partial charge in [-0.05, 0) is 53.8 Å². The molecule has 2 rings (SSSR count). The first kappa shape index (κ1) is 15.5. The summed E-state index contributed by atoms with van der Waals surface area (Å²) >= 11 is 2.17. The van der Waals surface area contributed by atoms with Gasteiger partial charge in [-0.2, -0.15) is 0 Å². The van der Waals surface area contributed by atoms with Crippen LogP contribution >= 0.6 is 22.6 Å². The highest BCUT2D eigenvalue weighted by Crippen LogP contribution is 2.10. The Morgan fingerprint density at radius 1 is 1.33 bits per heavy atom. The largest absolute Gasteiger partial charge is 0.360 e. The highest BCUT2D eigenvalue weighted by molar-refractivity contribution is 14.1. The number of amides is 2. The fourth-order valence-corrected chi connectivity index (χ4v) is 2.07. The Hall–Kier alpha value is -1.90. The van der Waals surface area contributed by atoms with Crippen LogP contribution in [0.3, 0.4) is 0 Å². The number of hydrogen-bond donors (Lipinski definition) is 1. The number of aromatic nitrogens is 1. The van der Waals surface area contributed by atoms with Gasteiger partial charge < -0.3 is 14.7 Å². The molecule has 1 heterocycles. The number of carbonyl (C=O) groups is 2. The first-order valence-electron chi connectivity index (χ1n) is 6.20. The van der Waals surface area contributed by atoms with Gasteiger partial charge in [0.05, 0.1) is 6.54 Å². The van der Waals surface area contributed by atoms with E-state index >= 15 is 0 Å². The van der Waals surface area contributed by atoms with Gasteiger partial charge in [0, 0.05) is 22.2 Å². The van der Waals surface area contributed by atoms with E-state index in [1.807, 2.05) is 12.1 Å². The summed E-state index contributed by atoms with van der Waals surface area (Å²) in [6.45, 7) is 1.67. The zero-order chi connectivity index (χ0) is 15.4. The molecular weight excluding hydrogens is 385 g/mol. The molecule has 0 atom stereocenters. The van der Waals surface area contributed by atoms with Gasteiger partial charge in [-0.3, -0.25) is 9.59 Å². The molecule has 0 spiro atoms. The van der Waals surface area contributed by atoms with E-state index in [1.165, 1.54) is 4.90 Å². The van der Waals surface area contributed by atoms with Crippen molar-refractivity contribution in [1.82, 2.24) is 10.1 Å².